The van der Waals surface area contributed by atoms with Crippen molar-refractivity contribution >= 4 is 11.8 Å². The SMILES string of the molecule is CC(C)(C)OC(=O)N1CCCC2(CCNCC2)c2ccccc21. The number of hydrogen-bond acceptors (Lipinski definition) is 3. The van der Waals surface area contributed by atoms with E-state index in [9.17, 15) is 4.79 Å². The number of para-hydroxylation sites is 1. The fraction of sp³-hybridized carbons (Fsp3) is 0.632. The molecule has 1 amide bonds. The summed E-state index contributed by atoms with van der Waals surface area (Å²) in [5.74, 6) is 0. The first-order valence-electron chi connectivity index (χ1n) is 8.72. The summed E-state index contributed by atoms with van der Waals surface area (Å²) in [6.07, 6.45) is 4.23. The molecule has 0 aliphatic carbocycles. The Hall–Kier alpha value is -1.55. The number of nitrogens with one attached hydrogen (secondary N) is 1. The second-order valence-electron chi connectivity index (χ2n) is 7.78. The van der Waals surface area contributed by atoms with Crippen molar-refractivity contribution < 1.29 is 9.53 Å². The highest BCUT2D eigenvalue weighted by Crippen LogP contribution is 2.44. The maximum Gasteiger partial charge on any atom is 0.414 e. The van der Waals surface area contributed by atoms with Crippen molar-refractivity contribution in [2.45, 2.75) is 57.5 Å². The molecule has 126 valence electrons. The summed E-state index contributed by atoms with van der Waals surface area (Å²) < 4.78 is 5.64. The molecule has 4 nitrogen and oxygen atoms in total. The lowest BCUT2D eigenvalue weighted by atomic mass is 9.70. The van der Waals surface area contributed by atoms with Gasteiger partial charge in [-0.2, -0.15) is 0 Å². The number of hydrogen-bond donors (Lipinski definition) is 1. The summed E-state index contributed by atoms with van der Waals surface area (Å²) in [7, 11) is 0. The quantitative estimate of drug-likeness (QED) is 0.790. The lowest BCUT2D eigenvalue weighted by molar-refractivity contribution is 0.0580. The van der Waals surface area contributed by atoms with Crippen LogP contribution < -0.4 is 10.2 Å². The van der Waals surface area contributed by atoms with Gasteiger partial charge in [0.05, 0.1) is 5.69 Å². The lowest BCUT2D eigenvalue weighted by Crippen LogP contribution is -2.40. The Bertz CT molecular complexity index is 571. The van der Waals surface area contributed by atoms with Crippen LogP contribution in [0.2, 0.25) is 0 Å². The van der Waals surface area contributed by atoms with E-state index in [1.165, 1.54) is 5.56 Å². The van der Waals surface area contributed by atoms with Crippen molar-refractivity contribution in [3.8, 4) is 0 Å². The van der Waals surface area contributed by atoms with E-state index < -0.39 is 5.60 Å². The highest BCUT2D eigenvalue weighted by Gasteiger charge is 2.39. The van der Waals surface area contributed by atoms with Crippen LogP contribution in [0.5, 0.6) is 0 Å². The van der Waals surface area contributed by atoms with Gasteiger partial charge in [-0.05, 0) is 76.6 Å². The van der Waals surface area contributed by atoms with Gasteiger partial charge >= 0.3 is 6.09 Å². The van der Waals surface area contributed by atoms with Crippen LogP contribution in [0.25, 0.3) is 0 Å². The van der Waals surface area contributed by atoms with Crippen molar-refractivity contribution in [3.63, 3.8) is 0 Å². The molecule has 0 bridgehead atoms. The van der Waals surface area contributed by atoms with Gasteiger partial charge in [0.15, 0.2) is 0 Å². The van der Waals surface area contributed by atoms with Gasteiger partial charge in [-0.25, -0.2) is 4.79 Å². The number of carbonyl (C=O) groups excluding carboxylic acids is 1. The Morgan fingerprint density at radius 2 is 1.87 bits per heavy atom. The Balaban J connectivity index is 1.97. The second kappa shape index (κ2) is 6.16. The van der Waals surface area contributed by atoms with Gasteiger partial charge in [0.2, 0.25) is 0 Å². The Kier molecular flexibility index (Phi) is 4.37. The molecule has 2 aliphatic heterocycles. The molecule has 0 saturated carbocycles. The van der Waals surface area contributed by atoms with E-state index in [0.29, 0.717) is 0 Å². The third kappa shape index (κ3) is 3.37. The van der Waals surface area contributed by atoms with E-state index in [4.69, 9.17) is 4.74 Å². The van der Waals surface area contributed by atoms with Gasteiger partial charge in [0.25, 0.3) is 0 Å². The molecule has 1 saturated heterocycles. The summed E-state index contributed by atoms with van der Waals surface area (Å²) in [6, 6.07) is 8.41. The summed E-state index contributed by atoms with van der Waals surface area (Å²) in [6.45, 7) is 8.61. The average molecular weight is 316 g/mol. The molecule has 1 N–H and O–H groups in total. The molecular formula is C19H28N2O2. The zero-order valence-electron chi connectivity index (χ0n) is 14.5. The maximum atomic E-state index is 12.7. The Morgan fingerprint density at radius 3 is 2.57 bits per heavy atom. The van der Waals surface area contributed by atoms with E-state index in [2.05, 4.69) is 23.5 Å². The molecule has 3 rings (SSSR count). The number of benzene rings is 1. The van der Waals surface area contributed by atoms with Crippen LogP contribution in [0.1, 0.15) is 52.0 Å². The first kappa shape index (κ1) is 16.3. The van der Waals surface area contributed by atoms with Gasteiger partial charge in [-0.15, -0.1) is 0 Å². The molecule has 1 fully saturated rings. The van der Waals surface area contributed by atoms with Crippen molar-refractivity contribution in [1.29, 1.82) is 0 Å². The monoisotopic (exact) mass is 316 g/mol. The number of piperidine rings is 1. The molecule has 2 aliphatic rings. The molecule has 0 atom stereocenters. The molecule has 1 aromatic carbocycles. The fourth-order valence-corrected chi connectivity index (χ4v) is 3.92. The number of fused-ring (bicyclic) bond motifs is 2. The molecule has 1 spiro atoms. The number of amides is 1. The van der Waals surface area contributed by atoms with Gasteiger partial charge in [-0.1, -0.05) is 18.2 Å². The number of rotatable bonds is 0. The normalized spacial score (nSPS) is 20.7. The third-order valence-electron chi connectivity index (χ3n) is 4.98. The molecule has 23 heavy (non-hydrogen) atoms. The first-order chi connectivity index (χ1) is 10.9. The van der Waals surface area contributed by atoms with Gasteiger partial charge in [0.1, 0.15) is 5.60 Å². The van der Waals surface area contributed by atoms with Crippen molar-refractivity contribution in [2.24, 2.45) is 0 Å². The smallest absolute Gasteiger partial charge is 0.414 e. The minimum atomic E-state index is -0.467. The summed E-state index contributed by atoms with van der Waals surface area (Å²) in [4.78, 5) is 14.5. The highest BCUT2D eigenvalue weighted by atomic mass is 16.6. The Morgan fingerprint density at radius 1 is 1.17 bits per heavy atom. The highest BCUT2D eigenvalue weighted by molar-refractivity contribution is 5.89. The van der Waals surface area contributed by atoms with Crippen LogP contribution in [0.4, 0.5) is 10.5 Å². The number of carbonyl (C=O) groups is 1. The van der Waals surface area contributed by atoms with E-state index in [0.717, 1.165) is 51.0 Å². The topological polar surface area (TPSA) is 41.6 Å². The van der Waals surface area contributed by atoms with Crippen molar-refractivity contribution in [3.05, 3.63) is 29.8 Å². The van der Waals surface area contributed by atoms with Gasteiger partial charge < -0.3 is 10.1 Å². The van der Waals surface area contributed by atoms with Gasteiger partial charge in [-0.3, -0.25) is 4.90 Å². The number of nitrogens with zero attached hydrogens (tertiary/aromatic N) is 1. The molecule has 4 heteroatoms. The van der Waals surface area contributed by atoms with Crippen molar-refractivity contribution in [1.82, 2.24) is 5.32 Å². The van der Waals surface area contributed by atoms with Crippen LogP contribution in [0.15, 0.2) is 24.3 Å². The average Bonchev–Trinajstić information content (AvgIpc) is 2.65. The van der Waals surface area contributed by atoms with E-state index >= 15 is 0 Å². The second-order valence-corrected chi connectivity index (χ2v) is 7.78. The largest absolute Gasteiger partial charge is 0.443 e. The maximum absolute atomic E-state index is 12.7. The lowest BCUT2D eigenvalue weighted by Gasteiger charge is -2.38. The number of anilines is 1. The van der Waals surface area contributed by atoms with Crippen LogP contribution in [0.3, 0.4) is 0 Å². The number of ether oxygens (including phenoxy) is 1. The van der Waals surface area contributed by atoms with Crippen LogP contribution in [0, 0.1) is 0 Å². The van der Waals surface area contributed by atoms with Crippen LogP contribution in [-0.4, -0.2) is 31.3 Å². The summed E-state index contributed by atoms with van der Waals surface area (Å²) >= 11 is 0. The zero-order valence-corrected chi connectivity index (χ0v) is 14.5. The predicted molar refractivity (Wildman–Crippen MR) is 93.0 cm³/mol. The predicted octanol–water partition coefficient (Wildman–Crippen LogP) is 3.84. The summed E-state index contributed by atoms with van der Waals surface area (Å²) in [5.41, 5.74) is 2.11. The molecule has 1 aromatic rings. The third-order valence-corrected chi connectivity index (χ3v) is 4.98. The minimum absolute atomic E-state index is 0.207. The molecule has 2 heterocycles. The van der Waals surface area contributed by atoms with E-state index in [1.807, 2.05) is 31.7 Å². The summed E-state index contributed by atoms with van der Waals surface area (Å²) in [5, 5.41) is 3.47. The van der Waals surface area contributed by atoms with Crippen LogP contribution >= 0.6 is 0 Å². The molecule has 0 radical (unpaired) electrons. The standard InChI is InChI=1S/C19H28N2O2/c1-18(2,3)23-17(22)21-14-6-9-19(10-12-20-13-11-19)15-7-4-5-8-16(15)21/h4-5,7-8,20H,6,9-14H2,1-3H3. The van der Waals surface area contributed by atoms with Crippen molar-refractivity contribution in [2.75, 3.05) is 24.5 Å². The van der Waals surface area contributed by atoms with Gasteiger partial charge in [0, 0.05) is 6.54 Å². The minimum Gasteiger partial charge on any atom is -0.443 e. The first-order valence-corrected chi connectivity index (χ1v) is 8.72. The molecule has 0 aromatic heterocycles. The Labute approximate surface area is 139 Å². The van der Waals surface area contributed by atoms with Crippen LogP contribution in [-0.2, 0) is 10.2 Å². The van der Waals surface area contributed by atoms with E-state index in [1.54, 1.807) is 0 Å². The fourth-order valence-electron chi connectivity index (χ4n) is 3.92. The van der Waals surface area contributed by atoms with E-state index in [-0.39, 0.29) is 11.5 Å². The molecular weight excluding hydrogens is 288 g/mol. The molecule has 0 unspecified atom stereocenters. The zero-order chi connectivity index (χ0) is 16.5.